The molecule has 2 aliphatic heterocycles. The molecule has 3 rings (SSSR count). The summed E-state index contributed by atoms with van der Waals surface area (Å²) in [5.41, 5.74) is 8.72. The number of fused-ring (bicyclic) bond motifs is 1. The molecule has 2 N–H and O–H groups in total. The van der Waals surface area contributed by atoms with Crippen molar-refractivity contribution < 1.29 is 9.53 Å². The first-order valence-electron chi connectivity index (χ1n) is 6.57. The van der Waals surface area contributed by atoms with Crippen LogP contribution in [0.1, 0.15) is 24.8 Å². The zero-order chi connectivity index (χ0) is 12.5. The largest absolute Gasteiger partial charge is 0.399 e. The molecular formula is C14H18N2O2. The van der Waals surface area contributed by atoms with Crippen LogP contribution in [0.25, 0.3) is 0 Å². The van der Waals surface area contributed by atoms with Gasteiger partial charge in [0, 0.05) is 24.5 Å². The van der Waals surface area contributed by atoms with E-state index in [1.165, 1.54) is 5.56 Å². The third-order valence-electron chi connectivity index (χ3n) is 3.70. The maximum absolute atomic E-state index is 12.4. The number of amides is 1. The van der Waals surface area contributed by atoms with Gasteiger partial charge in [-0.05, 0) is 43.4 Å². The Labute approximate surface area is 107 Å². The van der Waals surface area contributed by atoms with Crippen LogP contribution in [-0.2, 0) is 16.0 Å². The molecule has 1 fully saturated rings. The molecule has 4 nitrogen and oxygen atoms in total. The van der Waals surface area contributed by atoms with Gasteiger partial charge in [0.25, 0.3) is 5.91 Å². The standard InChI is InChI=1S/C14H18N2O2/c15-11-6-5-10-3-1-7-16(12(10)9-11)14(17)13-4-2-8-18-13/h5-6,9,13H,1-4,7-8,15H2. The lowest BCUT2D eigenvalue weighted by atomic mass is 10.0. The summed E-state index contributed by atoms with van der Waals surface area (Å²) >= 11 is 0. The molecule has 0 bridgehead atoms. The third kappa shape index (κ3) is 1.97. The molecule has 1 atom stereocenters. The molecule has 1 saturated heterocycles. The van der Waals surface area contributed by atoms with Gasteiger partial charge in [0.15, 0.2) is 0 Å². The number of carbonyl (C=O) groups excluding carboxylic acids is 1. The Hall–Kier alpha value is -1.55. The number of benzene rings is 1. The second-order valence-electron chi connectivity index (χ2n) is 4.98. The van der Waals surface area contributed by atoms with Crippen molar-refractivity contribution >= 4 is 17.3 Å². The molecule has 1 unspecified atom stereocenters. The molecule has 96 valence electrons. The quantitative estimate of drug-likeness (QED) is 0.768. The van der Waals surface area contributed by atoms with Crippen LogP contribution < -0.4 is 10.6 Å². The van der Waals surface area contributed by atoms with Crippen LogP contribution in [0, 0.1) is 0 Å². The number of hydrogen-bond acceptors (Lipinski definition) is 3. The van der Waals surface area contributed by atoms with Crippen LogP contribution in [-0.4, -0.2) is 25.2 Å². The van der Waals surface area contributed by atoms with Gasteiger partial charge in [0.05, 0.1) is 0 Å². The summed E-state index contributed by atoms with van der Waals surface area (Å²) in [6, 6.07) is 5.83. The van der Waals surface area contributed by atoms with Gasteiger partial charge in [-0.2, -0.15) is 0 Å². The SMILES string of the molecule is Nc1ccc2c(c1)N(C(=O)C1CCCO1)CCC2. The number of nitrogen functional groups attached to an aromatic ring is 1. The van der Waals surface area contributed by atoms with Gasteiger partial charge in [-0.1, -0.05) is 6.07 Å². The molecule has 2 heterocycles. The summed E-state index contributed by atoms with van der Waals surface area (Å²) in [6.45, 7) is 1.48. The molecule has 18 heavy (non-hydrogen) atoms. The first kappa shape index (κ1) is 11.5. The lowest BCUT2D eigenvalue weighted by molar-refractivity contribution is -0.127. The normalized spacial score (nSPS) is 22.9. The van der Waals surface area contributed by atoms with Gasteiger partial charge in [-0.15, -0.1) is 0 Å². The van der Waals surface area contributed by atoms with Crippen molar-refractivity contribution in [2.24, 2.45) is 0 Å². The molecule has 0 radical (unpaired) electrons. The predicted octanol–water partition coefficient (Wildman–Crippen LogP) is 1.73. The predicted molar refractivity (Wildman–Crippen MR) is 70.5 cm³/mol. The number of carbonyl (C=O) groups is 1. The molecular weight excluding hydrogens is 228 g/mol. The van der Waals surface area contributed by atoms with Crippen molar-refractivity contribution in [2.45, 2.75) is 31.8 Å². The second kappa shape index (κ2) is 4.61. The van der Waals surface area contributed by atoms with Crippen molar-refractivity contribution in [3.8, 4) is 0 Å². The van der Waals surface area contributed by atoms with Crippen molar-refractivity contribution in [1.82, 2.24) is 0 Å². The average molecular weight is 246 g/mol. The average Bonchev–Trinajstić information content (AvgIpc) is 2.91. The fraction of sp³-hybridized carbons (Fsp3) is 0.500. The summed E-state index contributed by atoms with van der Waals surface area (Å²) in [4.78, 5) is 14.3. The van der Waals surface area contributed by atoms with E-state index in [-0.39, 0.29) is 12.0 Å². The van der Waals surface area contributed by atoms with E-state index in [1.807, 2.05) is 23.1 Å². The van der Waals surface area contributed by atoms with E-state index in [0.717, 1.165) is 37.9 Å². The van der Waals surface area contributed by atoms with Gasteiger partial charge in [-0.3, -0.25) is 4.79 Å². The van der Waals surface area contributed by atoms with E-state index in [0.29, 0.717) is 12.3 Å². The Morgan fingerprint density at radius 2 is 2.28 bits per heavy atom. The number of ether oxygens (including phenoxy) is 1. The first-order valence-corrected chi connectivity index (χ1v) is 6.57. The smallest absolute Gasteiger partial charge is 0.256 e. The topological polar surface area (TPSA) is 55.6 Å². The van der Waals surface area contributed by atoms with Gasteiger partial charge < -0.3 is 15.4 Å². The van der Waals surface area contributed by atoms with Gasteiger partial charge in [0.2, 0.25) is 0 Å². The maximum Gasteiger partial charge on any atom is 0.256 e. The summed E-state index contributed by atoms with van der Waals surface area (Å²) in [5.74, 6) is 0.0963. The van der Waals surface area contributed by atoms with E-state index in [1.54, 1.807) is 0 Å². The fourth-order valence-electron chi connectivity index (χ4n) is 2.77. The second-order valence-corrected chi connectivity index (χ2v) is 4.98. The van der Waals surface area contributed by atoms with Crippen molar-refractivity contribution in [3.05, 3.63) is 23.8 Å². The lowest BCUT2D eigenvalue weighted by Gasteiger charge is -2.31. The fourth-order valence-corrected chi connectivity index (χ4v) is 2.77. The summed E-state index contributed by atoms with van der Waals surface area (Å²) in [7, 11) is 0. The highest BCUT2D eigenvalue weighted by molar-refractivity contribution is 5.98. The summed E-state index contributed by atoms with van der Waals surface area (Å²) in [6.07, 6.45) is 3.60. The zero-order valence-electron chi connectivity index (χ0n) is 10.4. The molecule has 2 aliphatic rings. The Morgan fingerprint density at radius 1 is 1.39 bits per heavy atom. The third-order valence-corrected chi connectivity index (χ3v) is 3.70. The maximum atomic E-state index is 12.4. The Balaban J connectivity index is 1.90. The van der Waals surface area contributed by atoms with E-state index < -0.39 is 0 Å². The van der Waals surface area contributed by atoms with Gasteiger partial charge >= 0.3 is 0 Å². The van der Waals surface area contributed by atoms with Gasteiger partial charge in [0.1, 0.15) is 6.10 Å². The minimum atomic E-state index is -0.252. The van der Waals surface area contributed by atoms with Crippen LogP contribution in [0.5, 0.6) is 0 Å². The molecule has 1 aromatic carbocycles. The molecule has 1 amide bonds. The van der Waals surface area contributed by atoms with E-state index in [9.17, 15) is 4.79 Å². The molecule has 0 aliphatic carbocycles. The van der Waals surface area contributed by atoms with Crippen LogP contribution >= 0.6 is 0 Å². The van der Waals surface area contributed by atoms with E-state index in [4.69, 9.17) is 10.5 Å². The van der Waals surface area contributed by atoms with Crippen LogP contribution in [0.3, 0.4) is 0 Å². The summed E-state index contributed by atoms with van der Waals surface area (Å²) in [5, 5.41) is 0. The summed E-state index contributed by atoms with van der Waals surface area (Å²) < 4.78 is 5.49. The zero-order valence-corrected chi connectivity index (χ0v) is 10.4. The number of nitrogens with two attached hydrogens (primary N) is 1. The minimum absolute atomic E-state index is 0.0963. The number of hydrogen-bond donors (Lipinski definition) is 1. The molecule has 4 heteroatoms. The van der Waals surface area contributed by atoms with Crippen molar-refractivity contribution in [3.63, 3.8) is 0 Å². The monoisotopic (exact) mass is 246 g/mol. The first-order chi connectivity index (χ1) is 8.75. The molecule has 1 aromatic rings. The van der Waals surface area contributed by atoms with Crippen LogP contribution in [0.15, 0.2) is 18.2 Å². The molecule has 0 spiro atoms. The van der Waals surface area contributed by atoms with E-state index >= 15 is 0 Å². The van der Waals surface area contributed by atoms with Crippen LogP contribution in [0.4, 0.5) is 11.4 Å². The van der Waals surface area contributed by atoms with Crippen molar-refractivity contribution in [2.75, 3.05) is 23.8 Å². The Bertz CT molecular complexity index is 467. The van der Waals surface area contributed by atoms with Crippen molar-refractivity contribution in [1.29, 1.82) is 0 Å². The number of nitrogens with zero attached hydrogens (tertiary/aromatic N) is 1. The van der Waals surface area contributed by atoms with Crippen LogP contribution in [0.2, 0.25) is 0 Å². The Kier molecular flexibility index (Phi) is 2.96. The lowest BCUT2D eigenvalue weighted by Crippen LogP contribution is -2.42. The Morgan fingerprint density at radius 3 is 3.06 bits per heavy atom. The number of aryl methyl sites for hydroxylation is 1. The minimum Gasteiger partial charge on any atom is -0.399 e. The molecule has 0 aromatic heterocycles. The molecule has 0 saturated carbocycles. The van der Waals surface area contributed by atoms with E-state index in [2.05, 4.69) is 0 Å². The highest BCUT2D eigenvalue weighted by Gasteiger charge is 2.31. The highest BCUT2D eigenvalue weighted by atomic mass is 16.5. The highest BCUT2D eigenvalue weighted by Crippen LogP contribution is 2.30. The van der Waals surface area contributed by atoms with Gasteiger partial charge in [-0.25, -0.2) is 0 Å². The number of anilines is 2. The number of rotatable bonds is 1.